The summed E-state index contributed by atoms with van der Waals surface area (Å²) >= 11 is 0. The predicted molar refractivity (Wildman–Crippen MR) is 54.2 cm³/mol. The minimum absolute atomic E-state index is 0.137. The fourth-order valence-electron chi connectivity index (χ4n) is 1.74. The molecule has 0 unspecified atom stereocenters. The first-order valence-corrected chi connectivity index (χ1v) is 4.93. The lowest BCUT2D eigenvalue weighted by atomic mass is 10.2. The summed E-state index contributed by atoms with van der Waals surface area (Å²) in [7, 11) is 0. The van der Waals surface area contributed by atoms with Crippen LogP contribution in [-0.2, 0) is 0 Å². The average Bonchev–Trinajstić information content (AvgIpc) is 3.03. The molecule has 0 radical (unpaired) electrons. The summed E-state index contributed by atoms with van der Waals surface area (Å²) in [5.74, 6) is -0.437. The van der Waals surface area contributed by atoms with Gasteiger partial charge in [-0.2, -0.15) is 0 Å². The Bertz CT molecular complexity index is 587. The van der Waals surface area contributed by atoms with Gasteiger partial charge in [0.05, 0.1) is 11.7 Å². The minimum atomic E-state index is -0.437. The first-order valence-electron chi connectivity index (χ1n) is 4.93. The van der Waals surface area contributed by atoms with E-state index in [4.69, 9.17) is 0 Å². The highest BCUT2D eigenvalue weighted by Gasteiger charge is 2.25. The molecule has 0 N–H and O–H groups in total. The number of benzene rings is 1. The number of nitrogens with zero attached hydrogens (tertiary/aromatic N) is 2. The number of hydrogen-bond donors (Lipinski definition) is 0. The van der Waals surface area contributed by atoms with Crippen molar-refractivity contribution >= 4 is 10.9 Å². The average molecular weight is 204 g/mol. The molecule has 0 bridgehead atoms. The molecule has 76 valence electrons. The van der Waals surface area contributed by atoms with Crippen LogP contribution in [0.3, 0.4) is 0 Å². The summed E-state index contributed by atoms with van der Waals surface area (Å²) < 4.78 is 14.9. The molecule has 3 rings (SSSR count). The Morgan fingerprint density at radius 3 is 2.93 bits per heavy atom. The van der Waals surface area contributed by atoms with Crippen LogP contribution in [0.15, 0.2) is 29.3 Å². The van der Waals surface area contributed by atoms with E-state index in [1.54, 1.807) is 10.6 Å². The number of hydrogen-bond acceptors (Lipinski definition) is 2. The second kappa shape index (κ2) is 2.89. The van der Waals surface area contributed by atoms with Crippen LogP contribution >= 0.6 is 0 Å². The van der Waals surface area contributed by atoms with Crippen LogP contribution < -0.4 is 5.56 Å². The van der Waals surface area contributed by atoms with Crippen molar-refractivity contribution in [2.75, 3.05) is 0 Å². The van der Waals surface area contributed by atoms with Gasteiger partial charge in [-0.3, -0.25) is 9.36 Å². The van der Waals surface area contributed by atoms with E-state index in [0.717, 1.165) is 12.8 Å². The van der Waals surface area contributed by atoms with Gasteiger partial charge in [-0.05, 0) is 25.0 Å². The van der Waals surface area contributed by atoms with Gasteiger partial charge in [-0.1, -0.05) is 6.07 Å². The molecule has 1 aromatic carbocycles. The maximum atomic E-state index is 13.3. The Hall–Kier alpha value is -1.71. The third-order valence-corrected chi connectivity index (χ3v) is 2.70. The van der Waals surface area contributed by atoms with Gasteiger partial charge in [0.1, 0.15) is 11.3 Å². The molecule has 0 saturated heterocycles. The summed E-state index contributed by atoms with van der Waals surface area (Å²) in [6, 6.07) is 4.75. The van der Waals surface area contributed by atoms with Crippen LogP contribution in [0, 0.1) is 5.82 Å². The van der Waals surface area contributed by atoms with Gasteiger partial charge < -0.3 is 0 Å². The third kappa shape index (κ3) is 1.25. The Morgan fingerprint density at radius 2 is 2.20 bits per heavy atom. The third-order valence-electron chi connectivity index (χ3n) is 2.70. The summed E-state index contributed by atoms with van der Waals surface area (Å²) in [5.41, 5.74) is 0.0291. The smallest absolute Gasteiger partial charge is 0.261 e. The molecule has 0 aliphatic heterocycles. The monoisotopic (exact) mass is 204 g/mol. The van der Waals surface area contributed by atoms with Gasteiger partial charge in [0.15, 0.2) is 0 Å². The van der Waals surface area contributed by atoms with Crippen molar-refractivity contribution < 1.29 is 4.39 Å². The quantitative estimate of drug-likeness (QED) is 0.710. The van der Waals surface area contributed by atoms with Crippen LogP contribution in [0.2, 0.25) is 0 Å². The maximum Gasteiger partial charge on any atom is 0.261 e. The molecule has 2 aromatic rings. The van der Waals surface area contributed by atoms with E-state index in [2.05, 4.69) is 4.98 Å². The molecular formula is C11H9FN2O. The lowest BCUT2D eigenvalue weighted by molar-refractivity contribution is 0.632. The number of halogens is 1. The highest BCUT2D eigenvalue weighted by atomic mass is 19.1. The summed E-state index contributed by atoms with van der Waals surface area (Å²) in [5, 5.41) is 0.365. The summed E-state index contributed by atoms with van der Waals surface area (Å²) in [6.45, 7) is 0. The lowest BCUT2D eigenvalue weighted by Crippen LogP contribution is -2.19. The number of fused-ring (bicyclic) bond motifs is 1. The van der Waals surface area contributed by atoms with Gasteiger partial charge >= 0.3 is 0 Å². The second-order valence-corrected chi connectivity index (χ2v) is 3.82. The minimum Gasteiger partial charge on any atom is -0.296 e. The van der Waals surface area contributed by atoms with Gasteiger partial charge in [0.2, 0.25) is 0 Å². The van der Waals surface area contributed by atoms with E-state index >= 15 is 0 Å². The highest BCUT2D eigenvalue weighted by molar-refractivity contribution is 5.77. The van der Waals surface area contributed by atoms with Crippen molar-refractivity contribution in [2.45, 2.75) is 18.9 Å². The molecule has 1 saturated carbocycles. The zero-order chi connectivity index (χ0) is 10.4. The zero-order valence-corrected chi connectivity index (χ0v) is 7.98. The van der Waals surface area contributed by atoms with E-state index < -0.39 is 5.82 Å². The van der Waals surface area contributed by atoms with Gasteiger partial charge in [-0.15, -0.1) is 0 Å². The van der Waals surface area contributed by atoms with Gasteiger partial charge in [0.25, 0.3) is 5.56 Å². The first kappa shape index (κ1) is 8.59. The van der Waals surface area contributed by atoms with Crippen molar-refractivity contribution in [3.8, 4) is 0 Å². The fourth-order valence-corrected chi connectivity index (χ4v) is 1.74. The van der Waals surface area contributed by atoms with E-state index in [1.165, 1.54) is 18.5 Å². The van der Waals surface area contributed by atoms with Crippen molar-refractivity contribution in [2.24, 2.45) is 0 Å². The van der Waals surface area contributed by atoms with Crippen molar-refractivity contribution in [3.63, 3.8) is 0 Å². The molecule has 1 aliphatic carbocycles. The summed E-state index contributed by atoms with van der Waals surface area (Å²) in [6.07, 6.45) is 3.48. The Morgan fingerprint density at radius 1 is 1.40 bits per heavy atom. The first-order chi connectivity index (χ1) is 7.27. The van der Waals surface area contributed by atoms with Gasteiger partial charge in [-0.25, -0.2) is 9.37 Å². The number of aromatic nitrogens is 2. The van der Waals surface area contributed by atoms with E-state index in [1.807, 2.05) is 0 Å². The standard InChI is InChI=1S/C11H9FN2O/c12-9-3-1-2-8-10(9)13-6-14(11(8)15)7-4-5-7/h1-3,6-7H,4-5H2. The van der Waals surface area contributed by atoms with E-state index in [-0.39, 0.29) is 17.1 Å². The molecule has 1 aliphatic rings. The molecule has 0 atom stereocenters. The molecule has 4 heteroatoms. The molecule has 15 heavy (non-hydrogen) atoms. The van der Waals surface area contributed by atoms with Crippen LogP contribution in [0.5, 0.6) is 0 Å². The molecule has 1 heterocycles. The maximum absolute atomic E-state index is 13.3. The van der Waals surface area contributed by atoms with Crippen LogP contribution in [0.4, 0.5) is 4.39 Å². The Labute approximate surface area is 85.2 Å². The van der Waals surface area contributed by atoms with Gasteiger partial charge in [0, 0.05) is 6.04 Å². The van der Waals surface area contributed by atoms with Crippen LogP contribution in [-0.4, -0.2) is 9.55 Å². The Balaban J connectivity index is 2.37. The van der Waals surface area contributed by atoms with E-state index in [9.17, 15) is 9.18 Å². The fraction of sp³-hybridized carbons (Fsp3) is 0.273. The number of rotatable bonds is 1. The van der Waals surface area contributed by atoms with Crippen molar-refractivity contribution in [1.82, 2.24) is 9.55 Å². The van der Waals surface area contributed by atoms with Crippen LogP contribution in [0.25, 0.3) is 10.9 Å². The predicted octanol–water partition coefficient (Wildman–Crippen LogP) is 1.87. The number of para-hydroxylation sites is 1. The lowest BCUT2D eigenvalue weighted by Gasteiger charge is -2.04. The molecule has 3 nitrogen and oxygen atoms in total. The second-order valence-electron chi connectivity index (χ2n) is 3.82. The highest BCUT2D eigenvalue weighted by Crippen LogP contribution is 2.33. The molecule has 1 aromatic heterocycles. The Kier molecular flexibility index (Phi) is 1.65. The normalized spacial score (nSPS) is 15.8. The van der Waals surface area contributed by atoms with Crippen molar-refractivity contribution in [3.05, 3.63) is 40.7 Å². The topological polar surface area (TPSA) is 34.9 Å². The molecular weight excluding hydrogens is 195 g/mol. The summed E-state index contributed by atoms with van der Waals surface area (Å²) in [4.78, 5) is 15.9. The van der Waals surface area contributed by atoms with Crippen molar-refractivity contribution in [1.29, 1.82) is 0 Å². The zero-order valence-electron chi connectivity index (χ0n) is 7.98. The van der Waals surface area contributed by atoms with E-state index in [0.29, 0.717) is 5.39 Å². The molecule has 0 spiro atoms. The molecule has 1 fully saturated rings. The SMILES string of the molecule is O=c1c2cccc(F)c2ncn1C1CC1. The van der Waals surface area contributed by atoms with Crippen LogP contribution in [0.1, 0.15) is 18.9 Å². The largest absolute Gasteiger partial charge is 0.296 e. The molecule has 0 amide bonds.